The van der Waals surface area contributed by atoms with Crippen LogP contribution in [0.5, 0.6) is 5.75 Å². The maximum absolute atomic E-state index is 8.50. The predicted octanol–water partition coefficient (Wildman–Crippen LogP) is 3.58. The zero-order valence-electron chi connectivity index (χ0n) is 10.9. The van der Waals surface area contributed by atoms with Gasteiger partial charge in [0.05, 0.1) is 0 Å². The van der Waals surface area contributed by atoms with Crippen molar-refractivity contribution in [1.29, 1.82) is 5.26 Å². The molecule has 1 saturated carbocycles. The van der Waals surface area contributed by atoms with Gasteiger partial charge in [-0.25, -0.2) is 0 Å². The lowest BCUT2D eigenvalue weighted by atomic mass is 9.99. The lowest BCUT2D eigenvalue weighted by Crippen LogP contribution is -2.23. The van der Waals surface area contributed by atoms with Crippen LogP contribution >= 0.6 is 0 Å². The van der Waals surface area contributed by atoms with Crippen molar-refractivity contribution < 1.29 is 4.74 Å². The normalized spacial score (nSPS) is 17.1. The van der Waals surface area contributed by atoms with Gasteiger partial charge in [-0.1, -0.05) is 18.9 Å². The summed E-state index contributed by atoms with van der Waals surface area (Å²) in [6, 6.07) is 10.3. The zero-order valence-corrected chi connectivity index (χ0v) is 10.9. The Kier molecular flexibility index (Phi) is 4.46. The van der Waals surface area contributed by atoms with Gasteiger partial charge in [-0.15, -0.1) is 0 Å². The number of rotatable bonds is 5. The molecular weight excluding hydrogens is 224 g/mol. The van der Waals surface area contributed by atoms with E-state index in [1.165, 1.54) is 25.7 Å². The largest absolute Gasteiger partial charge is 0.479 e. The Labute approximate surface area is 109 Å². The molecule has 0 heterocycles. The quantitative estimate of drug-likeness (QED) is 0.861. The molecule has 3 nitrogen and oxygen atoms in total. The van der Waals surface area contributed by atoms with Crippen molar-refractivity contribution in [3.63, 3.8) is 0 Å². The highest BCUT2D eigenvalue weighted by Gasteiger charge is 2.21. The topological polar surface area (TPSA) is 45.0 Å². The summed E-state index contributed by atoms with van der Waals surface area (Å²) in [6.07, 6.45) is 5.39. The van der Waals surface area contributed by atoms with Crippen LogP contribution in [0, 0.1) is 17.2 Å². The number of nitrogens with one attached hydrogen (secondary N) is 1. The Balaban J connectivity index is 1.93. The van der Waals surface area contributed by atoms with E-state index < -0.39 is 0 Å². The smallest absolute Gasteiger partial charge is 0.174 e. The van der Waals surface area contributed by atoms with Crippen LogP contribution in [-0.4, -0.2) is 12.6 Å². The van der Waals surface area contributed by atoms with Crippen LogP contribution in [0.3, 0.4) is 0 Å². The number of benzene rings is 1. The molecule has 0 spiro atoms. The van der Waals surface area contributed by atoms with E-state index in [1.54, 1.807) is 0 Å². The standard InChI is InChI=1S/C15H20N2O/c1-12(13-5-2-3-6-13)17-14-7-4-8-15(11-14)18-10-9-16/h4,7-8,11-13,17H,2-3,5-6,10H2,1H3. The molecule has 0 saturated heterocycles. The minimum absolute atomic E-state index is 0.0988. The molecule has 2 rings (SSSR count). The first-order chi connectivity index (χ1) is 8.79. The number of anilines is 1. The summed E-state index contributed by atoms with van der Waals surface area (Å²) in [5, 5.41) is 12.0. The minimum atomic E-state index is 0.0988. The van der Waals surface area contributed by atoms with Gasteiger partial charge in [-0.2, -0.15) is 5.26 Å². The number of ether oxygens (including phenoxy) is 1. The molecule has 0 aromatic heterocycles. The molecule has 1 N–H and O–H groups in total. The van der Waals surface area contributed by atoms with Crippen LogP contribution in [0.4, 0.5) is 5.69 Å². The molecule has 18 heavy (non-hydrogen) atoms. The van der Waals surface area contributed by atoms with Gasteiger partial charge < -0.3 is 10.1 Å². The third-order valence-electron chi connectivity index (χ3n) is 3.64. The molecule has 1 aliphatic carbocycles. The van der Waals surface area contributed by atoms with Crippen molar-refractivity contribution in [1.82, 2.24) is 0 Å². The second kappa shape index (κ2) is 6.30. The predicted molar refractivity (Wildman–Crippen MR) is 72.6 cm³/mol. The van der Waals surface area contributed by atoms with Crippen LogP contribution < -0.4 is 10.1 Å². The fourth-order valence-corrected chi connectivity index (χ4v) is 2.63. The van der Waals surface area contributed by atoms with Gasteiger partial charge in [-0.3, -0.25) is 0 Å². The van der Waals surface area contributed by atoms with E-state index in [0.717, 1.165) is 17.4 Å². The van der Waals surface area contributed by atoms with Gasteiger partial charge in [0.25, 0.3) is 0 Å². The maximum Gasteiger partial charge on any atom is 0.174 e. The second-order valence-corrected chi connectivity index (χ2v) is 4.95. The maximum atomic E-state index is 8.50. The fourth-order valence-electron chi connectivity index (χ4n) is 2.63. The molecular formula is C15H20N2O. The zero-order chi connectivity index (χ0) is 12.8. The summed E-state index contributed by atoms with van der Waals surface area (Å²) in [5.74, 6) is 1.54. The van der Waals surface area contributed by atoms with Crippen molar-refractivity contribution in [2.75, 3.05) is 11.9 Å². The lowest BCUT2D eigenvalue weighted by molar-refractivity contribution is 0.368. The van der Waals surface area contributed by atoms with Crippen molar-refractivity contribution >= 4 is 5.69 Å². The summed E-state index contributed by atoms with van der Waals surface area (Å²) in [6.45, 7) is 2.35. The average molecular weight is 244 g/mol. The van der Waals surface area contributed by atoms with Gasteiger partial charge in [0.2, 0.25) is 0 Å². The van der Waals surface area contributed by atoms with Crippen molar-refractivity contribution in [2.24, 2.45) is 5.92 Å². The molecule has 3 heteroatoms. The van der Waals surface area contributed by atoms with Crippen molar-refractivity contribution in [2.45, 2.75) is 38.6 Å². The number of hydrogen-bond donors (Lipinski definition) is 1. The Bertz CT molecular complexity index is 419. The van der Waals surface area contributed by atoms with E-state index in [2.05, 4.69) is 12.2 Å². The Hall–Kier alpha value is -1.69. The van der Waals surface area contributed by atoms with Gasteiger partial charge in [0, 0.05) is 17.8 Å². The Morgan fingerprint density at radius 1 is 1.44 bits per heavy atom. The van der Waals surface area contributed by atoms with Crippen LogP contribution in [0.1, 0.15) is 32.6 Å². The van der Waals surface area contributed by atoms with E-state index in [0.29, 0.717) is 6.04 Å². The summed E-state index contributed by atoms with van der Waals surface area (Å²) < 4.78 is 5.30. The Morgan fingerprint density at radius 2 is 2.22 bits per heavy atom. The Morgan fingerprint density at radius 3 is 2.94 bits per heavy atom. The third-order valence-corrected chi connectivity index (χ3v) is 3.64. The van der Waals surface area contributed by atoms with E-state index in [-0.39, 0.29) is 6.61 Å². The number of nitriles is 1. The molecule has 0 aliphatic heterocycles. The summed E-state index contributed by atoms with van der Waals surface area (Å²) in [5.41, 5.74) is 1.07. The van der Waals surface area contributed by atoms with Crippen molar-refractivity contribution in [3.05, 3.63) is 24.3 Å². The number of hydrogen-bond acceptors (Lipinski definition) is 3. The molecule has 1 aromatic carbocycles. The molecule has 96 valence electrons. The minimum Gasteiger partial charge on any atom is -0.479 e. The van der Waals surface area contributed by atoms with Crippen LogP contribution in [0.25, 0.3) is 0 Å². The van der Waals surface area contributed by atoms with Gasteiger partial charge in [0.15, 0.2) is 6.61 Å². The molecule has 0 radical (unpaired) electrons. The van der Waals surface area contributed by atoms with Crippen molar-refractivity contribution in [3.8, 4) is 11.8 Å². The van der Waals surface area contributed by atoms with E-state index in [9.17, 15) is 0 Å². The monoisotopic (exact) mass is 244 g/mol. The van der Waals surface area contributed by atoms with E-state index in [4.69, 9.17) is 10.00 Å². The second-order valence-electron chi connectivity index (χ2n) is 4.95. The van der Waals surface area contributed by atoms with Crippen LogP contribution in [0.15, 0.2) is 24.3 Å². The van der Waals surface area contributed by atoms with Crippen LogP contribution in [0.2, 0.25) is 0 Å². The molecule has 0 amide bonds. The first-order valence-corrected chi connectivity index (χ1v) is 6.66. The molecule has 1 unspecified atom stereocenters. The summed E-state index contributed by atoms with van der Waals surface area (Å²) in [7, 11) is 0. The van der Waals surface area contributed by atoms with E-state index >= 15 is 0 Å². The highest BCUT2D eigenvalue weighted by molar-refractivity contribution is 5.48. The highest BCUT2D eigenvalue weighted by atomic mass is 16.5. The van der Waals surface area contributed by atoms with Gasteiger partial charge in [0.1, 0.15) is 11.8 Å². The first-order valence-electron chi connectivity index (χ1n) is 6.66. The van der Waals surface area contributed by atoms with Crippen LogP contribution in [-0.2, 0) is 0 Å². The van der Waals surface area contributed by atoms with E-state index in [1.807, 2.05) is 30.3 Å². The summed E-state index contributed by atoms with van der Waals surface area (Å²) >= 11 is 0. The fraction of sp³-hybridized carbons (Fsp3) is 0.533. The number of nitrogens with zero attached hydrogens (tertiary/aromatic N) is 1. The molecule has 1 aromatic rings. The average Bonchev–Trinajstić information content (AvgIpc) is 2.91. The highest BCUT2D eigenvalue weighted by Crippen LogP contribution is 2.29. The molecule has 0 bridgehead atoms. The molecule has 1 fully saturated rings. The third kappa shape index (κ3) is 3.40. The molecule has 1 aliphatic rings. The van der Waals surface area contributed by atoms with Gasteiger partial charge >= 0.3 is 0 Å². The first kappa shape index (κ1) is 12.8. The summed E-state index contributed by atoms with van der Waals surface area (Å²) in [4.78, 5) is 0. The molecule has 1 atom stereocenters. The SMILES string of the molecule is CC(Nc1cccc(OCC#N)c1)C1CCCC1. The van der Waals surface area contributed by atoms with Gasteiger partial charge in [-0.05, 0) is 37.8 Å². The lowest BCUT2D eigenvalue weighted by Gasteiger charge is -2.21.